The number of nitrogens with zero attached hydrogens (tertiary/aromatic N) is 2. The van der Waals surface area contributed by atoms with Gasteiger partial charge >= 0.3 is 0 Å². The van der Waals surface area contributed by atoms with Crippen molar-refractivity contribution in [2.24, 2.45) is 0 Å². The Balaban J connectivity index is 1.42. The van der Waals surface area contributed by atoms with Crippen LogP contribution in [0.3, 0.4) is 0 Å². The van der Waals surface area contributed by atoms with Crippen molar-refractivity contribution in [2.75, 3.05) is 12.4 Å². The second kappa shape index (κ2) is 10.2. The Morgan fingerprint density at radius 1 is 1.06 bits per heavy atom. The van der Waals surface area contributed by atoms with Crippen LogP contribution in [0.15, 0.2) is 79.0 Å². The molecule has 1 N–H and O–H groups in total. The van der Waals surface area contributed by atoms with Gasteiger partial charge in [0.15, 0.2) is 5.82 Å². The van der Waals surface area contributed by atoms with Crippen LogP contribution in [0.2, 0.25) is 5.02 Å². The summed E-state index contributed by atoms with van der Waals surface area (Å²) in [7, 11) is 1.56. The smallest absolute Gasteiger partial charge is 0.256 e. The first-order chi connectivity index (χ1) is 16.0. The summed E-state index contributed by atoms with van der Waals surface area (Å²) < 4.78 is 25.9. The van der Waals surface area contributed by atoms with Crippen molar-refractivity contribution < 1.29 is 18.7 Å². The molecule has 0 atom stereocenters. The van der Waals surface area contributed by atoms with Crippen molar-refractivity contribution >= 4 is 23.3 Å². The van der Waals surface area contributed by atoms with Crippen molar-refractivity contribution in [3.8, 4) is 11.5 Å². The number of nitrogens with one attached hydrogen (secondary N) is 1. The molecule has 0 aliphatic heterocycles. The molecule has 0 bridgehead atoms. The molecule has 0 saturated carbocycles. The van der Waals surface area contributed by atoms with E-state index in [1.807, 2.05) is 0 Å². The summed E-state index contributed by atoms with van der Waals surface area (Å²) in [5, 5.41) is 7.78. The van der Waals surface area contributed by atoms with Crippen LogP contribution in [0.5, 0.6) is 11.5 Å². The van der Waals surface area contributed by atoms with Crippen LogP contribution in [0.1, 0.15) is 21.5 Å². The van der Waals surface area contributed by atoms with Gasteiger partial charge in [0.25, 0.3) is 5.91 Å². The third kappa shape index (κ3) is 5.90. The fourth-order valence-electron chi connectivity index (χ4n) is 3.21. The van der Waals surface area contributed by atoms with Crippen LogP contribution in [-0.2, 0) is 13.2 Å². The molecule has 3 aromatic carbocycles. The zero-order chi connectivity index (χ0) is 23.2. The van der Waals surface area contributed by atoms with E-state index in [2.05, 4.69) is 10.4 Å². The van der Waals surface area contributed by atoms with E-state index < -0.39 is 0 Å². The number of hydrogen-bond acceptors (Lipinski definition) is 4. The first-order valence-corrected chi connectivity index (χ1v) is 10.5. The zero-order valence-electron chi connectivity index (χ0n) is 17.8. The molecule has 0 unspecified atom stereocenters. The molecule has 168 valence electrons. The lowest BCUT2D eigenvalue weighted by Crippen LogP contribution is -2.14. The number of carbonyl (C=O) groups excluding carboxylic acids is 1. The van der Waals surface area contributed by atoms with Gasteiger partial charge in [-0.3, -0.25) is 9.48 Å². The summed E-state index contributed by atoms with van der Waals surface area (Å²) in [6.07, 6.45) is 1.75. The summed E-state index contributed by atoms with van der Waals surface area (Å²) in [5.41, 5.74) is 2.07. The summed E-state index contributed by atoms with van der Waals surface area (Å²) in [5.74, 6) is 1.09. The summed E-state index contributed by atoms with van der Waals surface area (Å²) >= 11 is 5.91. The van der Waals surface area contributed by atoms with Gasteiger partial charge in [0.2, 0.25) is 0 Å². The lowest BCUT2D eigenvalue weighted by atomic mass is 10.1. The molecule has 0 saturated heterocycles. The third-order valence-corrected chi connectivity index (χ3v) is 5.14. The number of methoxy groups -OCH3 is 1. The highest BCUT2D eigenvalue weighted by molar-refractivity contribution is 6.30. The molecule has 8 heteroatoms. The summed E-state index contributed by atoms with van der Waals surface area (Å²) in [6.45, 7) is 0.684. The molecular weight excluding hydrogens is 445 g/mol. The van der Waals surface area contributed by atoms with Crippen LogP contribution in [-0.4, -0.2) is 22.8 Å². The monoisotopic (exact) mass is 465 g/mol. The number of anilines is 1. The summed E-state index contributed by atoms with van der Waals surface area (Å²) in [6, 6.07) is 20.0. The van der Waals surface area contributed by atoms with Crippen molar-refractivity contribution in [3.05, 3.63) is 107 Å². The molecule has 1 amide bonds. The molecule has 0 aliphatic rings. The lowest BCUT2D eigenvalue weighted by molar-refractivity contribution is 0.102. The Kier molecular flexibility index (Phi) is 6.90. The number of rotatable bonds is 8. The molecule has 1 heterocycles. The topological polar surface area (TPSA) is 65.4 Å². The third-order valence-electron chi connectivity index (χ3n) is 4.89. The van der Waals surface area contributed by atoms with Gasteiger partial charge in [0, 0.05) is 28.4 Å². The second-order valence-electron chi connectivity index (χ2n) is 7.25. The minimum atomic E-state index is -0.308. The van der Waals surface area contributed by atoms with E-state index >= 15 is 0 Å². The van der Waals surface area contributed by atoms with Crippen LogP contribution >= 0.6 is 11.6 Å². The summed E-state index contributed by atoms with van der Waals surface area (Å²) in [4.78, 5) is 12.8. The normalized spacial score (nSPS) is 10.6. The first-order valence-electron chi connectivity index (χ1n) is 10.1. The number of aromatic nitrogens is 2. The average molecular weight is 466 g/mol. The van der Waals surface area contributed by atoms with E-state index in [1.165, 1.54) is 12.1 Å². The molecule has 0 aliphatic carbocycles. The first kappa shape index (κ1) is 22.4. The minimum Gasteiger partial charge on any atom is -0.496 e. The van der Waals surface area contributed by atoms with Crippen LogP contribution < -0.4 is 14.8 Å². The zero-order valence-corrected chi connectivity index (χ0v) is 18.6. The number of hydrogen-bond donors (Lipinski definition) is 1. The fourth-order valence-corrected chi connectivity index (χ4v) is 3.33. The van der Waals surface area contributed by atoms with E-state index in [4.69, 9.17) is 21.1 Å². The van der Waals surface area contributed by atoms with Gasteiger partial charge in [-0.15, -0.1) is 0 Å². The Morgan fingerprint density at radius 3 is 2.55 bits per heavy atom. The molecule has 0 radical (unpaired) electrons. The second-order valence-corrected chi connectivity index (χ2v) is 7.68. The number of carbonyl (C=O) groups is 1. The Morgan fingerprint density at radius 2 is 1.82 bits per heavy atom. The van der Waals surface area contributed by atoms with Gasteiger partial charge in [-0.05, 0) is 60.2 Å². The molecule has 4 aromatic rings. The molecule has 6 nitrogen and oxygen atoms in total. The Labute approximate surface area is 195 Å². The molecular formula is C25H21ClFN3O3. The van der Waals surface area contributed by atoms with Crippen molar-refractivity contribution in [1.82, 2.24) is 9.78 Å². The van der Waals surface area contributed by atoms with Crippen molar-refractivity contribution in [1.29, 1.82) is 0 Å². The van der Waals surface area contributed by atoms with Gasteiger partial charge in [0.1, 0.15) is 23.9 Å². The van der Waals surface area contributed by atoms with Gasteiger partial charge in [-0.1, -0.05) is 23.7 Å². The highest BCUT2D eigenvalue weighted by atomic mass is 35.5. The maximum Gasteiger partial charge on any atom is 0.256 e. The molecule has 1 aromatic heterocycles. The maximum atomic E-state index is 13.1. The number of ether oxygens (including phenoxy) is 2. The quantitative estimate of drug-likeness (QED) is 0.370. The minimum absolute atomic E-state index is 0.220. The molecule has 0 fully saturated rings. The molecule has 0 spiro atoms. The van der Waals surface area contributed by atoms with Gasteiger partial charge < -0.3 is 14.8 Å². The van der Waals surface area contributed by atoms with Gasteiger partial charge in [0.05, 0.1) is 13.7 Å². The van der Waals surface area contributed by atoms with Gasteiger partial charge in [-0.25, -0.2) is 4.39 Å². The largest absolute Gasteiger partial charge is 0.496 e. The standard InChI is InChI=1S/C25H21ClFN3O3/c1-32-23-11-4-18(14-19(23)16-33-22-9-5-20(26)6-10-22)25(31)28-24-12-13-30(29-24)15-17-2-7-21(27)8-3-17/h2-14H,15-16H2,1H3,(H,28,29,31). The fraction of sp³-hybridized carbons (Fsp3) is 0.120. The SMILES string of the molecule is COc1ccc(C(=O)Nc2ccn(Cc3ccc(F)cc3)n2)cc1COc1ccc(Cl)cc1. The molecule has 4 rings (SSSR count). The number of halogens is 2. The highest BCUT2D eigenvalue weighted by Crippen LogP contribution is 2.23. The van der Waals surface area contributed by atoms with E-state index in [0.717, 1.165) is 11.1 Å². The van der Waals surface area contributed by atoms with E-state index in [9.17, 15) is 9.18 Å². The van der Waals surface area contributed by atoms with Crippen LogP contribution in [0, 0.1) is 5.82 Å². The van der Waals surface area contributed by atoms with E-state index in [-0.39, 0.29) is 18.3 Å². The lowest BCUT2D eigenvalue weighted by Gasteiger charge is -2.12. The van der Waals surface area contributed by atoms with Crippen molar-refractivity contribution in [3.63, 3.8) is 0 Å². The van der Waals surface area contributed by atoms with E-state index in [0.29, 0.717) is 34.4 Å². The average Bonchev–Trinajstić information content (AvgIpc) is 3.26. The van der Waals surface area contributed by atoms with Crippen LogP contribution in [0.4, 0.5) is 10.2 Å². The number of benzene rings is 3. The highest BCUT2D eigenvalue weighted by Gasteiger charge is 2.13. The van der Waals surface area contributed by atoms with Crippen LogP contribution in [0.25, 0.3) is 0 Å². The Bertz CT molecular complexity index is 1240. The maximum absolute atomic E-state index is 13.1. The number of amides is 1. The van der Waals surface area contributed by atoms with Crippen molar-refractivity contribution in [2.45, 2.75) is 13.2 Å². The predicted octanol–water partition coefficient (Wildman–Crippen LogP) is 5.56. The van der Waals surface area contributed by atoms with Gasteiger partial charge in [-0.2, -0.15) is 5.10 Å². The Hall–Kier alpha value is -3.84. The molecule has 33 heavy (non-hydrogen) atoms. The predicted molar refractivity (Wildman–Crippen MR) is 124 cm³/mol. The van der Waals surface area contributed by atoms with E-state index in [1.54, 1.807) is 78.7 Å².